The van der Waals surface area contributed by atoms with Crippen molar-refractivity contribution in [3.63, 3.8) is 0 Å². The van der Waals surface area contributed by atoms with Crippen LogP contribution in [-0.2, 0) is 9.47 Å². The van der Waals surface area contributed by atoms with Crippen LogP contribution in [0.2, 0.25) is 0 Å². The molecular weight excluding hydrogens is 198 g/mol. The number of rotatable bonds is 11. The summed E-state index contributed by atoms with van der Waals surface area (Å²) in [6.07, 6.45) is 0. The summed E-state index contributed by atoms with van der Waals surface area (Å²) in [5, 5.41) is 17.3. The van der Waals surface area contributed by atoms with E-state index in [1.807, 2.05) is 6.92 Å². The Hall–Kier alpha value is -0.200. The van der Waals surface area contributed by atoms with Gasteiger partial charge in [-0.15, -0.1) is 0 Å². The minimum absolute atomic E-state index is 0.0545. The standard InChI is InChI=1S/C10H23NO4/c1-2-14-8-4-11(3-6-12)5-9-15-10-7-13/h12-13H,2-10H2,1H3. The molecule has 0 aliphatic carbocycles. The predicted molar refractivity (Wildman–Crippen MR) is 57.9 cm³/mol. The fraction of sp³-hybridized carbons (Fsp3) is 1.00. The van der Waals surface area contributed by atoms with E-state index >= 15 is 0 Å². The van der Waals surface area contributed by atoms with Crippen molar-refractivity contribution in [3.8, 4) is 0 Å². The third-order valence-electron chi connectivity index (χ3n) is 1.96. The monoisotopic (exact) mass is 221 g/mol. The van der Waals surface area contributed by atoms with Gasteiger partial charge in [0, 0.05) is 26.2 Å². The first-order valence-corrected chi connectivity index (χ1v) is 5.44. The highest BCUT2D eigenvalue weighted by atomic mass is 16.5. The van der Waals surface area contributed by atoms with E-state index in [1.54, 1.807) is 0 Å². The molecule has 0 unspecified atom stereocenters. The Morgan fingerprint density at radius 2 is 1.53 bits per heavy atom. The summed E-state index contributed by atoms with van der Waals surface area (Å²) in [4.78, 5) is 2.08. The average Bonchev–Trinajstić information content (AvgIpc) is 2.24. The van der Waals surface area contributed by atoms with Gasteiger partial charge in [0.15, 0.2) is 0 Å². The van der Waals surface area contributed by atoms with Crippen molar-refractivity contribution in [2.45, 2.75) is 6.92 Å². The minimum Gasteiger partial charge on any atom is -0.395 e. The SMILES string of the molecule is CCOCCN(CCO)CCOCCO. The Morgan fingerprint density at radius 3 is 2.07 bits per heavy atom. The van der Waals surface area contributed by atoms with Crippen molar-refractivity contribution >= 4 is 0 Å². The number of hydrogen-bond donors (Lipinski definition) is 2. The lowest BCUT2D eigenvalue weighted by Crippen LogP contribution is -2.33. The third-order valence-corrected chi connectivity index (χ3v) is 1.96. The molecule has 92 valence electrons. The lowest BCUT2D eigenvalue weighted by molar-refractivity contribution is 0.0559. The number of ether oxygens (including phenoxy) is 2. The molecule has 0 radical (unpaired) electrons. The van der Waals surface area contributed by atoms with Crippen molar-refractivity contribution in [3.05, 3.63) is 0 Å². The summed E-state index contributed by atoms with van der Waals surface area (Å²) < 4.78 is 10.4. The molecule has 0 aromatic rings. The minimum atomic E-state index is 0.0545. The molecule has 0 bridgehead atoms. The topological polar surface area (TPSA) is 62.2 Å². The maximum absolute atomic E-state index is 8.83. The van der Waals surface area contributed by atoms with Gasteiger partial charge < -0.3 is 19.7 Å². The first-order valence-electron chi connectivity index (χ1n) is 5.44. The van der Waals surface area contributed by atoms with Gasteiger partial charge in [-0.05, 0) is 6.92 Å². The molecule has 5 heteroatoms. The second kappa shape index (κ2) is 11.9. The fourth-order valence-corrected chi connectivity index (χ4v) is 1.18. The Labute approximate surface area is 91.6 Å². The highest BCUT2D eigenvalue weighted by molar-refractivity contribution is 4.56. The third kappa shape index (κ3) is 10.1. The van der Waals surface area contributed by atoms with Crippen molar-refractivity contribution in [2.75, 3.05) is 59.3 Å². The lowest BCUT2D eigenvalue weighted by Gasteiger charge is -2.20. The lowest BCUT2D eigenvalue weighted by atomic mass is 10.4. The van der Waals surface area contributed by atoms with Crippen LogP contribution >= 0.6 is 0 Å². The second-order valence-electron chi connectivity index (χ2n) is 3.10. The van der Waals surface area contributed by atoms with Crippen molar-refractivity contribution in [1.82, 2.24) is 4.90 Å². The number of hydrogen-bond acceptors (Lipinski definition) is 5. The van der Waals surface area contributed by atoms with Crippen LogP contribution in [0.25, 0.3) is 0 Å². The Balaban J connectivity index is 3.44. The van der Waals surface area contributed by atoms with Crippen molar-refractivity contribution in [1.29, 1.82) is 0 Å². The van der Waals surface area contributed by atoms with Crippen LogP contribution in [0.1, 0.15) is 6.92 Å². The zero-order valence-electron chi connectivity index (χ0n) is 9.52. The molecule has 0 fully saturated rings. The van der Waals surface area contributed by atoms with Crippen LogP contribution in [0.15, 0.2) is 0 Å². The van der Waals surface area contributed by atoms with Crippen LogP contribution in [-0.4, -0.2) is 74.4 Å². The van der Waals surface area contributed by atoms with E-state index in [-0.39, 0.29) is 13.2 Å². The van der Waals surface area contributed by atoms with Gasteiger partial charge in [0.2, 0.25) is 0 Å². The highest BCUT2D eigenvalue weighted by Crippen LogP contribution is 1.89. The first kappa shape index (κ1) is 14.8. The van der Waals surface area contributed by atoms with Crippen molar-refractivity contribution < 1.29 is 19.7 Å². The number of aliphatic hydroxyl groups is 2. The predicted octanol–water partition coefficient (Wildman–Crippen LogP) is -0.674. The molecule has 0 aromatic heterocycles. The normalized spacial score (nSPS) is 11.2. The molecule has 15 heavy (non-hydrogen) atoms. The fourth-order valence-electron chi connectivity index (χ4n) is 1.18. The van der Waals surface area contributed by atoms with Crippen LogP contribution in [0.3, 0.4) is 0 Å². The van der Waals surface area contributed by atoms with Crippen LogP contribution in [0.4, 0.5) is 0 Å². The zero-order valence-corrected chi connectivity index (χ0v) is 9.52. The van der Waals surface area contributed by atoms with Gasteiger partial charge in [0.1, 0.15) is 0 Å². The summed E-state index contributed by atoms with van der Waals surface area (Å²) in [5.74, 6) is 0. The van der Waals surface area contributed by atoms with E-state index in [4.69, 9.17) is 19.7 Å². The summed E-state index contributed by atoms with van der Waals surface area (Å²) >= 11 is 0. The van der Waals surface area contributed by atoms with E-state index in [0.717, 1.165) is 13.1 Å². The molecule has 0 heterocycles. The van der Waals surface area contributed by atoms with Gasteiger partial charge in [0.25, 0.3) is 0 Å². The van der Waals surface area contributed by atoms with E-state index in [2.05, 4.69) is 4.90 Å². The molecule has 0 aliphatic rings. The quantitative estimate of drug-likeness (QED) is 0.453. The van der Waals surface area contributed by atoms with Gasteiger partial charge in [-0.25, -0.2) is 0 Å². The molecule has 0 aromatic carbocycles. The van der Waals surface area contributed by atoms with E-state index in [1.165, 1.54) is 0 Å². The summed E-state index contributed by atoms with van der Waals surface area (Å²) in [5.41, 5.74) is 0. The maximum atomic E-state index is 8.83. The smallest absolute Gasteiger partial charge is 0.0698 e. The second-order valence-corrected chi connectivity index (χ2v) is 3.10. The maximum Gasteiger partial charge on any atom is 0.0698 e. The van der Waals surface area contributed by atoms with Gasteiger partial charge in [0.05, 0.1) is 33.0 Å². The largest absolute Gasteiger partial charge is 0.395 e. The molecule has 0 rings (SSSR count). The summed E-state index contributed by atoms with van der Waals surface area (Å²) in [6.45, 7) is 6.70. The number of aliphatic hydroxyl groups excluding tert-OH is 2. The highest BCUT2D eigenvalue weighted by Gasteiger charge is 2.03. The van der Waals surface area contributed by atoms with Gasteiger partial charge in [-0.1, -0.05) is 0 Å². The van der Waals surface area contributed by atoms with Crippen LogP contribution in [0, 0.1) is 0 Å². The van der Waals surface area contributed by atoms with Gasteiger partial charge in [-0.3, -0.25) is 4.90 Å². The summed E-state index contributed by atoms with van der Waals surface area (Å²) in [6, 6.07) is 0. The van der Waals surface area contributed by atoms with Crippen LogP contribution in [0.5, 0.6) is 0 Å². The van der Waals surface area contributed by atoms with E-state index < -0.39 is 0 Å². The van der Waals surface area contributed by atoms with E-state index in [9.17, 15) is 0 Å². The Kier molecular flexibility index (Phi) is 11.7. The Bertz CT molecular complexity index is 124. The molecular formula is C10H23NO4. The van der Waals surface area contributed by atoms with Crippen molar-refractivity contribution in [2.24, 2.45) is 0 Å². The molecule has 5 nitrogen and oxygen atoms in total. The molecule has 0 atom stereocenters. The molecule has 0 saturated heterocycles. The molecule has 0 amide bonds. The van der Waals surface area contributed by atoms with Gasteiger partial charge >= 0.3 is 0 Å². The Morgan fingerprint density at radius 1 is 0.867 bits per heavy atom. The first-order chi connectivity index (χ1) is 7.35. The average molecular weight is 221 g/mol. The van der Waals surface area contributed by atoms with E-state index in [0.29, 0.717) is 33.0 Å². The summed E-state index contributed by atoms with van der Waals surface area (Å²) in [7, 11) is 0. The van der Waals surface area contributed by atoms with Gasteiger partial charge in [-0.2, -0.15) is 0 Å². The number of nitrogens with zero attached hydrogens (tertiary/aromatic N) is 1. The van der Waals surface area contributed by atoms with Crippen LogP contribution < -0.4 is 0 Å². The zero-order chi connectivity index (χ0) is 11.4. The molecule has 0 aliphatic heterocycles. The molecule has 2 N–H and O–H groups in total. The molecule has 0 spiro atoms. The molecule has 0 saturated carbocycles.